The van der Waals surface area contributed by atoms with Gasteiger partial charge in [0.2, 0.25) is 5.91 Å². The number of carboxylic acids is 1. The Morgan fingerprint density at radius 1 is 1.22 bits per heavy atom. The van der Waals surface area contributed by atoms with Crippen molar-refractivity contribution in [2.75, 3.05) is 12.7 Å². The predicted molar refractivity (Wildman–Crippen MR) is 64.0 cm³/mol. The number of carbonyl (C=O) groups excluding carboxylic acids is 1. The molecular weight excluding hydrogens is 263 g/mol. The Labute approximate surface area is 105 Å². The summed E-state index contributed by atoms with van der Waals surface area (Å²) in [6.45, 7) is 0.377. The van der Waals surface area contributed by atoms with Crippen LogP contribution in [-0.2, 0) is 14.2 Å². The van der Waals surface area contributed by atoms with Crippen LogP contribution in [0.5, 0.6) is 0 Å². The summed E-state index contributed by atoms with van der Waals surface area (Å²) in [6, 6.07) is -0.913. The maximum absolute atomic E-state index is 10.9. The zero-order chi connectivity index (χ0) is 14.2. The van der Waals surface area contributed by atoms with Crippen molar-refractivity contribution in [3.05, 3.63) is 0 Å². The number of unbranched alkanes of at least 4 members (excludes halogenated alkanes) is 2. The van der Waals surface area contributed by atoms with Crippen molar-refractivity contribution in [2.45, 2.75) is 31.7 Å². The maximum atomic E-state index is 10.9. The minimum Gasteiger partial charge on any atom is -0.481 e. The van der Waals surface area contributed by atoms with E-state index < -0.39 is 25.5 Å². The van der Waals surface area contributed by atoms with Gasteiger partial charge in [0, 0.05) is 6.16 Å². The number of hydrogen-bond donors (Lipinski definition) is 5. The largest absolute Gasteiger partial charge is 0.481 e. The van der Waals surface area contributed by atoms with Crippen molar-refractivity contribution in [3.63, 3.8) is 0 Å². The van der Waals surface area contributed by atoms with Crippen LogP contribution in [0.1, 0.15) is 25.7 Å². The first-order valence-electron chi connectivity index (χ1n) is 5.51. The Kier molecular flexibility index (Phi) is 7.77. The van der Waals surface area contributed by atoms with Crippen LogP contribution in [0.2, 0.25) is 0 Å². The van der Waals surface area contributed by atoms with Gasteiger partial charge < -0.3 is 25.9 Å². The molecule has 0 spiro atoms. The summed E-state index contributed by atoms with van der Waals surface area (Å²) in [5.74, 6) is -1.85. The molecule has 0 unspecified atom stereocenters. The summed E-state index contributed by atoms with van der Waals surface area (Å²) < 4.78 is 10.5. The monoisotopic (exact) mass is 282 g/mol. The quantitative estimate of drug-likeness (QED) is 0.261. The Morgan fingerprint density at radius 2 is 1.83 bits per heavy atom. The van der Waals surface area contributed by atoms with E-state index in [0.29, 0.717) is 25.8 Å². The lowest BCUT2D eigenvalue weighted by Gasteiger charge is -2.12. The lowest BCUT2D eigenvalue weighted by molar-refractivity contribution is -0.139. The van der Waals surface area contributed by atoms with Crippen molar-refractivity contribution in [1.82, 2.24) is 5.32 Å². The van der Waals surface area contributed by atoms with Crippen molar-refractivity contribution >= 4 is 19.5 Å². The van der Waals surface area contributed by atoms with Crippen molar-refractivity contribution in [2.24, 2.45) is 5.73 Å². The molecule has 0 saturated heterocycles. The first-order valence-corrected chi connectivity index (χ1v) is 7.31. The Hall–Kier alpha value is -0.950. The first-order chi connectivity index (χ1) is 8.22. The third kappa shape index (κ3) is 10.2. The van der Waals surface area contributed by atoms with Crippen LogP contribution in [0, 0.1) is 0 Å². The number of carbonyl (C=O) groups is 2. The highest BCUT2D eigenvalue weighted by Gasteiger charge is 2.17. The summed E-state index contributed by atoms with van der Waals surface area (Å²) in [6.07, 6.45) is 1.01. The molecule has 0 saturated carbocycles. The summed E-state index contributed by atoms with van der Waals surface area (Å²) in [4.78, 5) is 38.5. The molecule has 8 nitrogen and oxygen atoms in total. The zero-order valence-electron chi connectivity index (χ0n) is 9.91. The zero-order valence-corrected chi connectivity index (χ0v) is 10.8. The van der Waals surface area contributed by atoms with E-state index in [1.165, 1.54) is 0 Å². The molecule has 18 heavy (non-hydrogen) atoms. The van der Waals surface area contributed by atoms with E-state index in [-0.39, 0.29) is 12.6 Å². The van der Waals surface area contributed by atoms with E-state index in [2.05, 4.69) is 5.32 Å². The van der Waals surface area contributed by atoms with Gasteiger partial charge in [-0.2, -0.15) is 0 Å². The van der Waals surface area contributed by atoms with E-state index in [9.17, 15) is 14.2 Å². The fourth-order valence-corrected chi connectivity index (χ4v) is 1.98. The summed E-state index contributed by atoms with van der Waals surface area (Å²) in [5, 5.41) is 11.2. The number of hydrogen-bond acceptors (Lipinski definition) is 4. The number of nitrogens with one attached hydrogen (secondary N) is 1. The van der Waals surface area contributed by atoms with Gasteiger partial charge in [-0.25, -0.2) is 0 Å². The van der Waals surface area contributed by atoms with Gasteiger partial charge in [-0.15, -0.1) is 0 Å². The average molecular weight is 282 g/mol. The average Bonchev–Trinajstić information content (AvgIpc) is 2.18. The second-order valence-corrected chi connectivity index (χ2v) is 5.73. The Bertz CT molecular complexity index is 329. The van der Waals surface area contributed by atoms with Gasteiger partial charge in [-0.3, -0.25) is 14.2 Å². The van der Waals surface area contributed by atoms with Crippen LogP contribution in [0.15, 0.2) is 0 Å². The smallest absolute Gasteiger partial charge is 0.325 e. The molecule has 0 aliphatic rings. The molecule has 0 aliphatic carbocycles. The standard InChI is InChI=1S/C9H19N2O6P/c10-9(14)7(6-8(12)13)11-4-2-1-3-5-18(15,16)17/h7,11H,1-6H2,(H2,10,14)(H,12,13)(H2,15,16,17)/t7-/m0/s1. The molecule has 0 fully saturated rings. The van der Waals surface area contributed by atoms with E-state index >= 15 is 0 Å². The number of nitrogens with two attached hydrogens (primary N) is 1. The van der Waals surface area contributed by atoms with Crippen LogP contribution < -0.4 is 11.1 Å². The van der Waals surface area contributed by atoms with Crippen LogP contribution in [0.4, 0.5) is 0 Å². The molecule has 0 radical (unpaired) electrons. The highest BCUT2D eigenvalue weighted by molar-refractivity contribution is 7.51. The van der Waals surface area contributed by atoms with Crippen LogP contribution in [0.3, 0.4) is 0 Å². The molecule has 1 atom stereocenters. The molecular formula is C9H19N2O6P. The van der Waals surface area contributed by atoms with Crippen LogP contribution in [-0.4, -0.2) is 45.5 Å². The van der Waals surface area contributed by atoms with E-state index in [4.69, 9.17) is 20.6 Å². The fourth-order valence-electron chi connectivity index (χ4n) is 1.34. The molecule has 6 N–H and O–H groups in total. The number of carboxylic acid groups (broad SMARTS) is 1. The van der Waals surface area contributed by atoms with E-state index in [0.717, 1.165) is 0 Å². The molecule has 0 aliphatic heterocycles. The summed E-state index contributed by atoms with van der Waals surface area (Å²) >= 11 is 0. The maximum Gasteiger partial charge on any atom is 0.325 e. The van der Waals surface area contributed by atoms with Gasteiger partial charge in [0.15, 0.2) is 0 Å². The van der Waals surface area contributed by atoms with E-state index in [1.54, 1.807) is 0 Å². The molecule has 0 heterocycles. The van der Waals surface area contributed by atoms with Crippen molar-refractivity contribution in [1.29, 1.82) is 0 Å². The fraction of sp³-hybridized carbons (Fsp3) is 0.778. The molecule has 0 aromatic carbocycles. The van der Waals surface area contributed by atoms with Gasteiger partial charge >= 0.3 is 13.6 Å². The summed E-state index contributed by atoms with van der Waals surface area (Å²) in [5.41, 5.74) is 5.02. The molecule has 9 heteroatoms. The van der Waals surface area contributed by atoms with Gasteiger partial charge in [0.25, 0.3) is 0 Å². The topological polar surface area (TPSA) is 150 Å². The molecule has 0 bridgehead atoms. The SMILES string of the molecule is NC(=O)[C@H](CC(=O)O)NCCCCCP(=O)(O)O. The van der Waals surface area contributed by atoms with E-state index in [1.807, 2.05) is 0 Å². The lowest BCUT2D eigenvalue weighted by atomic mass is 10.2. The van der Waals surface area contributed by atoms with Gasteiger partial charge in [-0.05, 0) is 19.4 Å². The van der Waals surface area contributed by atoms with Gasteiger partial charge in [0.05, 0.1) is 12.5 Å². The van der Waals surface area contributed by atoms with Crippen LogP contribution >= 0.6 is 7.60 Å². The lowest BCUT2D eigenvalue weighted by Crippen LogP contribution is -2.43. The minimum atomic E-state index is -3.94. The molecule has 0 aromatic rings. The third-order valence-electron chi connectivity index (χ3n) is 2.24. The van der Waals surface area contributed by atoms with Gasteiger partial charge in [0.1, 0.15) is 0 Å². The molecule has 1 amide bonds. The number of amides is 1. The predicted octanol–water partition coefficient (Wildman–Crippen LogP) is -0.747. The van der Waals surface area contributed by atoms with Crippen LogP contribution in [0.25, 0.3) is 0 Å². The molecule has 0 aromatic heterocycles. The summed E-state index contributed by atoms with van der Waals surface area (Å²) in [7, 11) is -3.94. The molecule has 0 rings (SSSR count). The Morgan fingerprint density at radius 3 is 2.28 bits per heavy atom. The highest BCUT2D eigenvalue weighted by atomic mass is 31.2. The van der Waals surface area contributed by atoms with Crippen molar-refractivity contribution in [3.8, 4) is 0 Å². The van der Waals surface area contributed by atoms with Gasteiger partial charge in [-0.1, -0.05) is 6.42 Å². The minimum absolute atomic E-state index is 0.165. The number of rotatable bonds is 10. The Balaban J connectivity index is 3.71. The second kappa shape index (κ2) is 8.20. The number of primary amides is 1. The number of aliphatic carboxylic acids is 1. The third-order valence-corrected chi connectivity index (χ3v) is 3.14. The first kappa shape index (κ1) is 17.1. The highest BCUT2D eigenvalue weighted by Crippen LogP contribution is 2.35. The molecule has 106 valence electrons. The normalized spacial score (nSPS) is 13.2. The second-order valence-electron chi connectivity index (χ2n) is 3.96. The van der Waals surface area contributed by atoms with Crippen molar-refractivity contribution < 1.29 is 29.0 Å².